The number of nitrogens with zero attached hydrogens (tertiary/aromatic N) is 1. The predicted molar refractivity (Wildman–Crippen MR) is 97.8 cm³/mol. The average Bonchev–Trinajstić information content (AvgIpc) is 3.12. The number of carbonyl (C=O) groups is 1. The number of para-hydroxylation sites is 1. The molecule has 25 heavy (non-hydrogen) atoms. The third-order valence-electron chi connectivity index (χ3n) is 3.44. The Balaban J connectivity index is 1.71. The minimum absolute atomic E-state index is 0.343. The fraction of sp³-hybridized carbons (Fsp3) is 0.100. The molecule has 0 aliphatic rings. The number of esters is 1. The number of hydrogen-bond donors (Lipinski definition) is 1. The SMILES string of the molecule is CCOC(=O)c1cccc(-c2ccc(C=NNc3ccccc3)o2)c1. The highest BCUT2D eigenvalue weighted by atomic mass is 16.5. The quantitative estimate of drug-likeness (QED) is 0.407. The fourth-order valence-electron chi connectivity index (χ4n) is 2.27. The number of nitrogens with one attached hydrogen (secondary N) is 1. The van der Waals surface area contributed by atoms with Crippen molar-refractivity contribution in [2.75, 3.05) is 12.0 Å². The van der Waals surface area contributed by atoms with Crippen molar-refractivity contribution in [3.05, 3.63) is 78.1 Å². The van der Waals surface area contributed by atoms with Gasteiger partial charge in [0, 0.05) is 5.56 Å². The Hall–Kier alpha value is -3.34. The lowest BCUT2D eigenvalue weighted by atomic mass is 10.1. The highest BCUT2D eigenvalue weighted by Gasteiger charge is 2.09. The van der Waals surface area contributed by atoms with Gasteiger partial charge in [-0.1, -0.05) is 30.3 Å². The Kier molecular flexibility index (Phi) is 5.26. The third-order valence-corrected chi connectivity index (χ3v) is 3.44. The van der Waals surface area contributed by atoms with Crippen LogP contribution in [0.3, 0.4) is 0 Å². The van der Waals surface area contributed by atoms with Crippen LogP contribution in [0.2, 0.25) is 0 Å². The molecular weight excluding hydrogens is 316 g/mol. The van der Waals surface area contributed by atoms with Crippen molar-refractivity contribution in [1.29, 1.82) is 0 Å². The van der Waals surface area contributed by atoms with Crippen LogP contribution in [0.4, 0.5) is 5.69 Å². The largest absolute Gasteiger partial charge is 0.462 e. The van der Waals surface area contributed by atoms with Crippen LogP contribution in [-0.2, 0) is 4.74 Å². The summed E-state index contributed by atoms with van der Waals surface area (Å²) in [6.07, 6.45) is 1.60. The third kappa shape index (κ3) is 4.35. The Morgan fingerprint density at radius 3 is 2.76 bits per heavy atom. The molecule has 0 unspecified atom stereocenters. The molecule has 126 valence electrons. The van der Waals surface area contributed by atoms with Gasteiger partial charge in [-0.25, -0.2) is 4.79 Å². The molecule has 0 bridgehead atoms. The van der Waals surface area contributed by atoms with E-state index in [1.165, 1.54) is 0 Å². The second kappa shape index (κ2) is 7.97. The highest BCUT2D eigenvalue weighted by Crippen LogP contribution is 2.23. The van der Waals surface area contributed by atoms with Crippen LogP contribution in [0.25, 0.3) is 11.3 Å². The van der Waals surface area contributed by atoms with Crippen LogP contribution in [0.5, 0.6) is 0 Å². The van der Waals surface area contributed by atoms with Crippen LogP contribution in [0.1, 0.15) is 23.0 Å². The van der Waals surface area contributed by atoms with Crippen LogP contribution in [0.15, 0.2) is 76.2 Å². The maximum absolute atomic E-state index is 11.8. The molecule has 3 aromatic rings. The van der Waals surface area contributed by atoms with E-state index in [0.717, 1.165) is 11.3 Å². The summed E-state index contributed by atoms with van der Waals surface area (Å²) in [5.74, 6) is 0.928. The standard InChI is InChI=1S/C20H18N2O3/c1-2-24-20(23)16-8-6-7-15(13-16)19-12-11-18(25-19)14-21-22-17-9-4-3-5-10-17/h3-14,22H,2H2,1H3. The normalized spacial score (nSPS) is 10.8. The van der Waals surface area contributed by atoms with E-state index in [4.69, 9.17) is 9.15 Å². The number of furan rings is 1. The number of hydrazone groups is 1. The maximum atomic E-state index is 11.8. The molecule has 3 rings (SSSR count). The van der Waals surface area contributed by atoms with Crippen molar-refractivity contribution in [3.63, 3.8) is 0 Å². The number of carbonyl (C=O) groups excluding carboxylic acids is 1. The van der Waals surface area contributed by atoms with E-state index in [9.17, 15) is 4.79 Å². The van der Waals surface area contributed by atoms with Crippen LogP contribution in [0, 0.1) is 0 Å². The van der Waals surface area contributed by atoms with Gasteiger partial charge < -0.3 is 9.15 Å². The summed E-state index contributed by atoms with van der Waals surface area (Å²) in [7, 11) is 0. The lowest BCUT2D eigenvalue weighted by molar-refractivity contribution is 0.0526. The minimum Gasteiger partial charge on any atom is -0.462 e. The van der Waals surface area contributed by atoms with Crippen molar-refractivity contribution < 1.29 is 13.9 Å². The predicted octanol–water partition coefficient (Wildman–Crippen LogP) is 4.57. The van der Waals surface area contributed by atoms with Crippen LogP contribution >= 0.6 is 0 Å². The number of anilines is 1. The molecule has 1 N–H and O–H groups in total. The molecule has 0 fully saturated rings. The molecule has 0 saturated carbocycles. The van der Waals surface area contributed by atoms with Gasteiger partial charge in [0.05, 0.1) is 24.1 Å². The fourth-order valence-corrected chi connectivity index (χ4v) is 2.27. The Morgan fingerprint density at radius 1 is 1.12 bits per heavy atom. The molecule has 0 radical (unpaired) electrons. The second-order valence-corrected chi connectivity index (χ2v) is 5.24. The summed E-state index contributed by atoms with van der Waals surface area (Å²) >= 11 is 0. The molecule has 0 aliphatic carbocycles. The number of hydrogen-bond acceptors (Lipinski definition) is 5. The van der Waals surface area contributed by atoms with E-state index in [1.807, 2.05) is 48.5 Å². The Bertz CT molecular complexity index is 869. The van der Waals surface area contributed by atoms with E-state index in [-0.39, 0.29) is 5.97 Å². The number of benzene rings is 2. The zero-order valence-corrected chi connectivity index (χ0v) is 13.8. The van der Waals surface area contributed by atoms with E-state index in [1.54, 1.807) is 31.3 Å². The minimum atomic E-state index is -0.343. The Morgan fingerprint density at radius 2 is 1.96 bits per heavy atom. The molecule has 2 aromatic carbocycles. The number of ether oxygens (including phenoxy) is 1. The van der Waals surface area contributed by atoms with Gasteiger partial charge in [0.1, 0.15) is 11.5 Å². The van der Waals surface area contributed by atoms with Crippen LogP contribution in [-0.4, -0.2) is 18.8 Å². The van der Waals surface area contributed by atoms with Crippen molar-refractivity contribution in [1.82, 2.24) is 0 Å². The van der Waals surface area contributed by atoms with Gasteiger partial charge in [0.2, 0.25) is 0 Å². The zero-order valence-electron chi connectivity index (χ0n) is 13.8. The van der Waals surface area contributed by atoms with Gasteiger partial charge in [-0.05, 0) is 43.3 Å². The van der Waals surface area contributed by atoms with Crippen molar-refractivity contribution in [2.45, 2.75) is 6.92 Å². The van der Waals surface area contributed by atoms with Crippen molar-refractivity contribution in [2.24, 2.45) is 5.10 Å². The van der Waals surface area contributed by atoms with Gasteiger partial charge in [-0.3, -0.25) is 5.43 Å². The first kappa shape index (κ1) is 16.5. The maximum Gasteiger partial charge on any atom is 0.338 e. The summed E-state index contributed by atoms with van der Waals surface area (Å²) < 4.78 is 10.8. The number of rotatable bonds is 6. The van der Waals surface area contributed by atoms with Crippen LogP contribution < -0.4 is 5.43 Å². The lowest BCUT2D eigenvalue weighted by Gasteiger charge is -2.03. The van der Waals surface area contributed by atoms with Crippen molar-refractivity contribution >= 4 is 17.9 Å². The average molecular weight is 334 g/mol. The molecule has 0 atom stereocenters. The molecule has 5 nitrogen and oxygen atoms in total. The van der Waals surface area contributed by atoms with E-state index < -0.39 is 0 Å². The summed E-state index contributed by atoms with van der Waals surface area (Å²) in [4.78, 5) is 11.8. The molecule has 5 heteroatoms. The molecule has 0 aliphatic heterocycles. The summed E-state index contributed by atoms with van der Waals surface area (Å²) in [5.41, 5.74) is 5.13. The van der Waals surface area contributed by atoms with E-state index in [0.29, 0.717) is 23.7 Å². The summed E-state index contributed by atoms with van der Waals surface area (Å²) in [6.45, 7) is 2.13. The molecule has 0 spiro atoms. The molecule has 1 aromatic heterocycles. The topological polar surface area (TPSA) is 63.8 Å². The first-order valence-corrected chi connectivity index (χ1v) is 7.98. The van der Waals surface area contributed by atoms with Gasteiger partial charge in [-0.15, -0.1) is 0 Å². The van der Waals surface area contributed by atoms with Gasteiger partial charge in [0.25, 0.3) is 0 Å². The van der Waals surface area contributed by atoms with Gasteiger partial charge in [-0.2, -0.15) is 5.10 Å². The Labute approximate surface area is 145 Å². The van der Waals surface area contributed by atoms with Crippen molar-refractivity contribution in [3.8, 4) is 11.3 Å². The van der Waals surface area contributed by atoms with E-state index in [2.05, 4.69) is 10.5 Å². The smallest absolute Gasteiger partial charge is 0.338 e. The highest BCUT2D eigenvalue weighted by molar-refractivity contribution is 5.91. The molecule has 0 saturated heterocycles. The zero-order chi connectivity index (χ0) is 17.5. The molecule has 0 amide bonds. The molecule has 1 heterocycles. The van der Waals surface area contributed by atoms with E-state index >= 15 is 0 Å². The first-order chi connectivity index (χ1) is 12.3. The molecular formula is C20H18N2O3. The monoisotopic (exact) mass is 334 g/mol. The lowest BCUT2D eigenvalue weighted by Crippen LogP contribution is -2.04. The van der Waals surface area contributed by atoms with Gasteiger partial charge in [0.15, 0.2) is 0 Å². The first-order valence-electron chi connectivity index (χ1n) is 7.98. The summed E-state index contributed by atoms with van der Waals surface area (Å²) in [5, 5.41) is 4.15. The van der Waals surface area contributed by atoms with Gasteiger partial charge >= 0.3 is 5.97 Å². The summed E-state index contributed by atoms with van der Waals surface area (Å²) in [6, 6.07) is 20.5. The second-order valence-electron chi connectivity index (χ2n) is 5.24.